The third kappa shape index (κ3) is 1.74. The van der Waals surface area contributed by atoms with Crippen molar-refractivity contribution >= 4 is 11.3 Å². The summed E-state index contributed by atoms with van der Waals surface area (Å²) in [4.78, 5) is 1.37. The number of fused-ring (bicyclic) bond motifs is 1. The summed E-state index contributed by atoms with van der Waals surface area (Å²) in [5.74, 6) is 0.948. The van der Waals surface area contributed by atoms with Gasteiger partial charge < -0.3 is 10.1 Å². The van der Waals surface area contributed by atoms with Crippen LogP contribution in [0.25, 0.3) is 0 Å². The highest BCUT2D eigenvalue weighted by Crippen LogP contribution is 2.38. The van der Waals surface area contributed by atoms with E-state index in [1.807, 2.05) is 11.3 Å². The van der Waals surface area contributed by atoms with Gasteiger partial charge in [0.25, 0.3) is 0 Å². The molecule has 1 aliphatic heterocycles. The first-order chi connectivity index (χ1) is 8.74. The molecule has 1 aromatic carbocycles. The first kappa shape index (κ1) is 11.8. The molecule has 0 saturated carbocycles. The maximum absolute atomic E-state index is 5.32. The van der Waals surface area contributed by atoms with Gasteiger partial charge in [0, 0.05) is 11.4 Å². The highest BCUT2D eigenvalue weighted by Gasteiger charge is 2.34. The third-order valence-corrected chi connectivity index (χ3v) is 4.83. The van der Waals surface area contributed by atoms with Crippen molar-refractivity contribution in [1.82, 2.24) is 5.32 Å². The van der Waals surface area contributed by atoms with Crippen LogP contribution in [0.15, 0.2) is 35.7 Å². The van der Waals surface area contributed by atoms with Crippen molar-refractivity contribution in [2.75, 3.05) is 13.7 Å². The van der Waals surface area contributed by atoms with Crippen LogP contribution in [0.3, 0.4) is 0 Å². The molecule has 18 heavy (non-hydrogen) atoms. The Morgan fingerprint density at radius 1 is 1.33 bits per heavy atom. The van der Waals surface area contributed by atoms with Crippen molar-refractivity contribution in [1.29, 1.82) is 0 Å². The lowest BCUT2D eigenvalue weighted by atomic mass is 9.82. The number of rotatable bonds is 2. The summed E-state index contributed by atoms with van der Waals surface area (Å²) in [6.45, 7) is 3.28. The molecule has 0 aliphatic carbocycles. The molecule has 0 amide bonds. The van der Waals surface area contributed by atoms with E-state index in [9.17, 15) is 0 Å². The standard InChI is InChI=1S/C15H17NOS/c1-15(14-4-3-9-18-14)13-6-5-12(17-2)10-11(13)7-8-16-15/h3-6,9-10,16H,7-8H2,1-2H3. The molecule has 2 nitrogen and oxygen atoms in total. The van der Waals surface area contributed by atoms with E-state index in [1.165, 1.54) is 16.0 Å². The van der Waals surface area contributed by atoms with Crippen molar-refractivity contribution < 1.29 is 4.74 Å². The zero-order chi connectivity index (χ0) is 12.6. The van der Waals surface area contributed by atoms with E-state index in [1.54, 1.807) is 7.11 Å². The van der Waals surface area contributed by atoms with E-state index >= 15 is 0 Å². The number of methoxy groups -OCH3 is 1. The summed E-state index contributed by atoms with van der Waals surface area (Å²) in [6, 6.07) is 10.7. The second-order valence-corrected chi connectivity index (χ2v) is 5.75. The summed E-state index contributed by atoms with van der Waals surface area (Å²) in [5, 5.41) is 5.80. The van der Waals surface area contributed by atoms with Crippen LogP contribution in [0.1, 0.15) is 22.9 Å². The Labute approximate surface area is 112 Å². The van der Waals surface area contributed by atoms with Crippen molar-refractivity contribution in [2.24, 2.45) is 0 Å². The first-order valence-corrected chi connectivity index (χ1v) is 7.08. The molecule has 1 N–H and O–H groups in total. The minimum Gasteiger partial charge on any atom is -0.497 e. The van der Waals surface area contributed by atoms with Gasteiger partial charge in [-0.2, -0.15) is 0 Å². The molecule has 94 valence electrons. The fourth-order valence-electron chi connectivity index (χ4n) is 2.72. The Kier molecular flexibility index (Phi) is 2.88. The van der Waals surface area contributed by atoms with Crippen LogP contribution in [0.2, 0.25) is 0 Å². The molecular formula is C15H17NOS. The van der Waals surface area contributed by atoms with E-state index in [4.69, 9.17) is 4.74 Å². The Hall–Kier alpha value is -1.32. The first-order valence-electron chi connectivity index (χ1n) is 6.20. The molecule has 1 aliphatic rings. The number of thiophene rings is 1. The Bertz CT molecular complexity index is 550. The van der Waals surface area contributed by atoms with Gasteiger partial charge in [0.15, 0.2) is 0 Å². The lowest BCUT2D eigenvalue weighted by molar-refractivity contribution is 0.403. The Morgan fingerprint density at radius 2 is 2.22 bits per heavy atom. The van der Waals surface area contributed by atoms with E-state index < -0.39 is 0 Å². The molecule has 1 aromatic heterocycles. The molecule has 1 unspecified atom stereocenters. The zero-order valence-electron chi connectivity index (χ0n) is 10.7. The van der Waals surface area contributed by atoms with Crippen molar-refractivity contribution in [3.63, 3.8) is 0 Å². The van der Waals surface area contributed by atoms with Gasteiger partial charge in [0.05, 0.1) is 12.6 Å². The second-order valence-electron chi connectivity index (χ2n) is 4.80. The predicted molar refractivity (Wildman–Crippen MR) is 75.5 cm³/mol. The van der Waals surface area contributed by atoms with Gasteiger partial charge in [0.2, 0.25) is 0 Å². The second kappa shape index (κ2) is 4.41. The summed E-state index contributed by atoms with van der Waals surface area (Å²) >= 11 is 1.81. The topological polar surface area (TPSA) is 21.3 Å². The van der Waals surface area contributed by atoms with Crippen LogP contribution in [0.4, 0.5) is 0 Å². The fourth-order valence-corrected chi connectivity index (χ4v) is 3.60. The SMILES string of the molecule is COc1ccc2c(c1)CCNC2(C)c1cccs1. The summed E-state index contributed by atoms with van der Waals surface area (Å²) in [7, 11) is 1.72. The van der Waals surface area contributed by atoms with Gasteiger partial charge >= 0.3 is 0 Å². The zero-order valence-corrected chi connectivity index (χ0v) is 11.5. The number of ether oxygens (including phenoxy) is 1. The minimum atomic E-state index is -0.0615. The monoisotopic (exact) mass is 259 g/mol. The van der Waals surface area contributed by atoms with Crippen LogP contribution in [0.5, 0.6) is 5.75 Å². The average molecular weight is 259 g/mol. The molecule has 1 atom stereocenters. The van der Waals surface area contributed by atoms with Gasteiger partial charge in [-0.15, -0.1) is 11.3 Å². The molecule has 0 saturated heterocycles. The number of hydrogen-bond acceptors (Lipinski definition) is 3. The summed E-state index contributed by atoms with van der Waals surface area (Å²) in [5.41, 5.74) is 2.70. The maximum Gasteiger partial charge on any atom is 0.119 e. The fraction of sp³-hybridized carbons (Fsp3) is 0.333. The predicted octanol–water partition coefficient (Wildman–Crippen LogP) is 3.17. The van der Waals surface area contributed by atoms with Crippen LogP contribution < -0.4 is 10.1 Å². The normalized spacial score (nSPS) is 22.6. The highest BCUT2D eigenvalue weighted by molar-refractivity contribution is 7.10. The molecular weight excluding hydrogens is 242 g/mol. The molecule has 0 radical (unpaired) electrons. The Balaban J connectivity index is 2.12. The number of hydrogen-bond donors (Lipinski definition) is 1. The quantitative estimate of drug-likeness (QED) is 0.894. The third-order valence-electron chi connectivity index (χ3n) is 3.74. The van der Waals surface area contributed by atoms with Crippen molar-refractivity contribution in [3.05, 3.63) is 51.7 Å². The summed E-state index contributed by atoms with van der Waals surface area (Å²) < 4.78 is 5.32. The van der Waals surface area contributed by atoms with E-state index in [0.29, 0.717) is 0 Å². The lowest BCUT2D eigenvalue weighted by Gasteiger charge is -2.36. The van der Waals surface area contributed by atoms with Crippen LogP contribution in [0, 0.1) is 0 Å². The average Bonchev–Trinajstić information content (AvgIpc) is 2.93. The van der Waals surface area contributed by atoms with Crippen molar-refractivity contribution in [3.8, 4) is 5.75 Å². The molecule has 3 heteroatoms. The van der Waals surface area contributed by atoms with Gasteiger partial charge in [-0.25, -0.2) is 0 Å². The summed E-state index contributed by atoms with van der Waals surface area (Å²) in [6.07, 6.45) is 1.06. The largest absolute Gasteiger partial charge is 0.497 e. The Morgan fingerprint density at radius 3 is 2.94 bits per heavy atom. The molecule has 2 heterocycles. The van der Waals surface area contributed by atoms with Gasteiger partial charge in [-0.3, -0.25) is 0 Å². The number of nitrogens with one attached hydrogen (secondary N) is 1. The molecule has 0 bridgehead atoms. The maximum atomic E-state index is 5.32. The molecule has 2 aromatic rings. The lowest BCUT2D eigenvalue weighted by Crippen LogP contribution is -2.45. The smallest absolute Gasteiger partial charge is 0.119 e. The molecule has 0 fully saturated rings. The van der Waals surface area contributed by atoms with E-state index in [2.05, 4.69) is 48.0 Å². The van der Waals surface area contributed by atoms with Gasteiger partial charge in [-0.05, 0) is 48.1 Å². The highest BCUT2D eigenvalue weighted by atomic mass is 32.1. The van der Waals surface area contributed by atoms with Crippen LogP contribution in [-0.4, -0.2) is 13.7 Å². The van der Waals surface area contributed by atoms with E-state index in [0.717, 1.165) is 18.7 Å². The van der Waals surface area contributed by atoms with Gasteiger partial charge in [-0.1, -0.05) is 12.1 Å². The van der Waals surface area contributed by atoms with E-state index in [-0.39, 0.29) is 5.54 Å². The minimum absolute atomic E-state index is 0.0615. The van der Waals surface area contributed by atoms with Crippen LogP contribution >= 0.6 is 11.3 Å². The van der Waals surface area contributed by atoms with Gasteiger partial charge in [0.1, 0.15) is 5.75 Å². The van der Waals surface area contributed by atoms with Crippen molar-refractivity contribution in [2.45, 2.75) is 18.9 Å². The number of benzene rings is 1. The van der Waals surface area contributed by atoms with Crippen LogP contribution in [-0.2, 0) is 12.0 Å². The molecule has 0 spiro atoms. The molecule has 3 rings (SSSR count).